The first-order chi connectivity index (χ1) is 14.5. The molecule has 0 aromatic heterocycles. The van der Waals surface area contributed by atoms with Crippen molar-refractivity contribution >= 4 is 56.6 Å². The van der Waals surface area contributed by atoms with Crippen LogP contribution in [0.1, 0.15) is 23.2 Å². The summed E-state index contributed by atoms with van der Waals surface area (Å²) in [7, 11) is -1.10. The molecule has 0 heterocycles. The molecule has 8 nitrogen and oxygen atoms in total. The predicted octanol–water partition coefficient (Wildman–Crippen LogP) is 3.39. The van der Waals surface area contributed by atoms with Crippen LogP contribution in [0.2, 0.25) is 10.0 Å². The Labute approximate surface area is 190 Å². The number of amides is 1. The van der Waals surface area contributed by atoms with Crippen LogP contribution in [0.3, 0.4) is 0 Å². The van der Waals surface area contributed by atoms with Gasteiger partial charge in [0, 0.05) is 36.8 Å². The van der Waals surface area contributed by atoms with Crippen LogP contribution in [0, 0.1) is 0 Å². The van der Waals surface area contributed by atoms with Crippen molar-refractivity contribution in [2.24, 2.45) is 0 Å². The number of anilines is 1. The van der Waals surface area contributed by atoms with Gasteiger partial charge in [-0.05, 0) is 42.5 Å². The van der Waals surface area contributed by atoms with Crippen molar-refractivity contribution in [2.75, 3.05) is 26.0 Å². The molecule has 0 radical (unpaired) electrons. The molecular weight excluding hydrogens is 467 g/mol. The van der Waals surface area contributed by atoms with Gasteiger partial charge >= 0.3 is 5.97 Å². The van der Waals surface area contributed by atoms with Crippen molar-refractivity contribution in [1.82, 2.24) is 4.31 Å². The summed E-state index contributed by atoms with van der Waals surface area (Å²) in [6.07, 6.45) is -0.272. The van der Waals surface area contributed by atoms with E-state index in [2.05, 4.69) is 5.32 Å². The molecule has 0 aliphatic rings. The molecule has 0 atom stereocenters. The highest BCUT2D eigenvalue weighted by Gasteiger charge is 2.21. The lowest BCUT2D eigenvalue weighted by Crippen LogP contribution is -2.23. The molecule has 2 aromatic carbocycles. The molecule has 0 saturated heterocycles. The Morgan fingerprint density at radius 1 is 1.00 bits per heavy atom. The van der Waals surface area contributed by atoms with Gasteiger partial charge in [0.2, 0.25) is 10.0 Å². The van der Waals surface area contributed by atoms with Crippen molar-refractivity contribution in [2.45, 2.75) is 17.7 Å². The number of ether oxygens (including phenoxy) is 1. The zero-order valence-corrected chi connectivity index (χ0v) is 19.1. The molecule has 0 aliphatic heterocycles. The van der Waals surface area contributed by atoms with Gasteiger partial charge < -0.3 is 10.1 Å². The molecular formula is C20H20Cl2N2O6S. The number of benzene rings is 2. The minimum Gasteiger partial charge on any atom is -0.456 e. The summed E-state index contributed by atoms with van der Waals surface area (Å²) >= 11 is 11.7. The lowest BCUT2D eigenvalue weighted by Gasteiger charge is -2.14. The quantitative estimate of drug-likeness (QED) is 0.429. The predicted molar refractivity (Wildman–Crippen MR) is 117 cm³/mol. The van der Waals surface area contributed by atoms with Crippen molar-refractivity contribution in [3.63, 3.8) is 0 Å². The van der Waals surface area contributed by atoms with Crippen LogP contribution < -0.4 is 5.32 Å². The number of esters is 1. The molecule has 0 bridgehead atoms. The van der Waals surface area contributed by atoms with Gasteiger partial charge in [-0.25, -0.2) is 12.7 Å². The van der Waals surface area contributed by atoms with E-state index in [4.69, 9.17) is 27.9 Å². The number of sulfonamides is 1. The number of halogens is 2. The second-order valence-corrected chi connectivity index (χ2v) is 9.54. The summed E-state index contributed by atoms with van der Waals surface area (Å²) in [5.74, 6) is -1.65. The minimum atomic E-state index is -3.81. The summed E-state index contributed by atoms with van der Waals surface area (Å²) in [6, 6.07) is 10.2. The Hall–Kier alpha value is -2.46. The maximum atomic E-state index is 12.3. The van der Waals surface area contributed by atoms with Crippen molar-refractivity contribution < 1.29 is 27.5 Å². The number of nitrogens with zero attached hydrogens (tertiary/aromatic N) is 1. The van der Waals surface area contributed by atoms with Crippen LogP contribution >= 0.6 is 23.2 Å². The first-order valence-electron chi connectivity index (χ1n) is 8.97. The number of carbonyl (C=O) groups is 3. The minimum absolute atomic E-state index is 0.00322. The van der Waals surface area contributed by atoms with Crippen LogP contribution in [0.5, 0.6) is 0 Å². The number of nitrogens with one attached hydrogen (secondary N) is 1. The Bertz CT molecular complexity index is 1090. The molecule has 0 aliphatic carbocycles. The molecule has 31 heavy (non-hydrogen) atoms. The van der Waals surface area contributed by atoms with E-state index in [1.54, 1.807) is 24.3 Å². The monoisotopic (exact) mass is 486 g/mol. The molecule has 0 fully saturated rings. The maximum absolute atomic E-state index is 12.3. The Kier molecular flexibility index (Phi) is 8.58. The summed E-state index contributed by atoms with van der Waals surface area (Å²) in [5, 5.41) is 2.93. The third kappa shape index (κ3) is 7.03. The normalized spacial score (nSPS) is 11.3. The van der Waals surface area contributed by atoms with E-state index in [9.17, 15) is 22.8 Å². The summed E-state index contributed by atoms with van der Waals surface area (Å²) in [6.45, 7) is -0.591. The van der Waals surface area contributed by atoms with Crippen molar-refractivity contribution in [3.8, 4) is 0 Å². The number of rotatable bonds is 9. The molecule has 0 spiro atoms. The Morgan fingerprint density at radius 3 is 2.26 bits per heavy atom. The highest BCUT2D eigenvalue weighted by molar-refractivity contribution is 7.89. The molecule has 0 saturated carbocycles. The lowest BCUT2D eigenvalue weighted by atomic mass is 10.1. The van der Waals surface area contributed by atoms with Gasteiger partial charge in [-0.1, -0.05) is 23.2 Å². The third-order valence-corrected chi connectivity index (χ3v) is 6.61. The zero-order valence-electron chi connectivity index (χ0n) is 16.7. The van der Waals surface area contributed by atoms with Gasteiger partial charge in [0.1, 0.15) is 4.90 Å². The smallest absolute Gasteiger partial charge is 0.306 e. The van der Waals surface area contributed by atoms with Crippen LogP contribution in [0.15, 0.2) is 47.4 Å². The maximum Gasteiger partial charge on any atom is 0.306 e. The number of Topliss-reactive ketones (excluding diaryl/α,β-unsaturated/α-hetero) is 1. The molecule has 2 aromatic rings. The molecule has 1 N–H and O–H groups in total. The van der Waals surface area contributed by atoms with Crippen LogP contribution in [0.4, 0.5) is 5.69 Å². The molecule has 0 unspecified atom stereocenters. The molecule has 166 valence electrons. The van der Waals surface area contributed by atoms with Gasteiger partial charge in [0.25, 0.3) is 5.91 Å². The SMILES string of the molecule is CN(C)S(=O)(=O)c1cc(NC(=O)COC(=O)CCC(=O)c2ccc(Cl)cc2)ccc1Cl. The van der Waals surface area contributed by atoms with Crippen molar-refractivity contribution in [3.05, 3.63) is 58.1 Å². The fraction of sp³-hybridized carbons (Fsp3) is 0.250. The average Bonchev–Trinajstić information content (AvgIpc) is 2.72. The second kappa shape index (κ2) is 10.7. The van der Waals surface area contributed by atoms with Crippen LogP contribution in [-0.4, -0.2) is 51.1 Å². The topological polar surface area (TPSA) is 110 Å². The van der Waals surface area contributed by atoms with E-state index in [-0.39, 0.29) is 34.2 Å². The molecule has 11 heteroatoms. The highest BCUT2D eigenvalue weighted by Crippen LogP contribution is 2.26. The number of hydrogen-bond acceptors (Lipinski definition) is 6. The number of carbonyl (C=O) groups excluding carboxylic acids is 3. The van der Waals surface area contributed by atoms with E-state index in [0.717, 1.165) is 4.31 Å². The Morgan fingerprint density at radius 2 is 1.65 bits per heavy atom. The highest BCUT2D eigenvalue weighted by atomic mass is 35.5. The van der Waals surface area contributed by atoms with Gasteiger partial charge in [0.15, 0.2) is 12.4 Å². The van der Waals surface area contributed by atoms with Crippen molar-refractivity contribution in [1.29, 1.82) is 0 Å². The first kappa shape index (κ1) is 24.8. The summed E-state index contributed by atoms with van der Waals surface area (Å²) in [4.78, 5) is 35.7. The Balaban J connectivity index is 1.87. The van der Waals surface area contributed by atoms with Gasteiger partial charge in [-0.15, -0.1) is 0 Å². The van der Waals surface area contributed by atoms with Gasteiger partial charge in [0.05, 0.1) is 11.4 Å². The summed E-state index contributed by atoms with van der Waals surface area (Å²) in [5.41, 5.74) is 0.588. The van der Waals surface area contributed by atoms with Gasteiger partial charge in [-0.3, -0.25) is 14.4 Å². The largest absolute Gasteiger partial charge is 0.456 e. The fourth-order valence-electron chi connectivity index (χ4n) is 2.39. The van der Waals surface area contributed by atoms with Crippen LogP contribution in [0.25, 0.3) is 0 Å². The van der Waals surface area contributed by atoms with Gasteiger partial charge in [-0.2, -0.15) is 0 Å². The number of ketones is 1. The first-order valence-corrected chi connectivity index (χ1v) is 11.2. The summed E-state index contributed by atoms with van der Waals surface area (Å²) < 4.78 is 30.4. The van der Waals surface area contributed by atoms with E-state index in [1.807, 2.05) is 0 Å². The van der Waals surface area contributed by atoms with E-state index in [0.29, 0.717) is 10.6 Å². The molecule has 1 amide bonds. The average molecular weight is 487 g/mol. The fourth-order valence-corrected chi connectivity index (χ4v) is 3.91. The third-order valence-electron chi connectivity index (χ3n) is 4.06. The van der Waals surface area contributed by atoms with Crippen LogP contribution in [-0.2, 0) is 24.3 Å². The number of hydrogen-bond donors (Lipinski definition) is 1. The van der Waals surface area contributed by atoms with E-state index >= 15 is 0 Å². The van der Waals surface area contributed by atoms with E-state index in [1.165, 1.54) is 32.3 Å². The zero-order chi connectivity index (χ0) is 23.2. The molecule has 2 rings (SSSR count). The van der Waals surface area contributed by atoms with E-state index < -0.39 is 28.5 Å². The second-order valence-electron chi connectivity index (χ2n) is 6.57. The lowest BCUT2D eigenvalue weighted by molar-refractivity contribution is -0.147. The standard InChI is InChI=1S/C20H20Cl2N2O6S/c1-24(2)31(28,29)18-11-15(7-8-16(18)22)23-19(26)12-30-20(27)10-9-17(25)13-3-5-14(21)6-4-13/h3-8,11H,9-10,12H2,1-2H3,(H,23,26).